The molecule has 0 unspecified atom stereocenters. The summed E-state index contributed by atoms with van der Waals surface area (Å²) in [5.74, 6) is 0.00108. The van der Waals surface area contributed by atoms with E-state index in [1.54, 1.807) is 0 Å². The van der Waals surface area contributed by atoms with Crippen molar-refractivity contribution >= 4 is 5.91 Å². The lowest BCUT2D eigenvalue weighted by molar-refractivity contribution is 0.0938. The number of hydrogen-bond acceptors (Lipinski definition) is 1. The third-order valence-electron chi connectivity index (χ3n) is 3.12. The zero-order valence-corrected chi connectivity index (χ0v) is 11.2. The van der Waals surface area contributed by atoms with E-state index in [1.165, 1.54) is 5.56 Å². The molecule has 0 aliphatic rings. The van der Waals surface area contributed by atoms with E-state index >= 15 is 0 Å². The highest BCUT2D eigenvalue weighted by Gasteiger charge is 2.08. The Balaban J connectivity index is 1.81. The Kier molecular flexibility index (Phi) is 4.73. The van der Waals surface area contributed by atoms with Crippen LogP contribution in [-0.2, 0) is 6.42 Å². The summed E-state index contributed by atoms with van der Waals surface area (Å²) in [6.07, 6.45) is 1.93. The lowest BCUT2D eigenvalue weighted by Gasteiger charge is -2.13. The Morgan fingerprint density at radius 1 is 1.00 bits per heavy atom. The van der Waals surface area contributed by atoms with E-state index in [1.807, 2.05) is 55.5 Å². The van der Waals surface area contributed by atoms with Crippen molar-refractivity contribution in [2.24, 2.45) is 0 Å². The van der Waals surface area contributed by atoms with Gasteiger partial charge in [0.05, 0.1) is 0 Å². The summed E-state index contributed by atoms with van der Waals surface area (Å²) < 4.78 is 0. The molecule has 2 aromatic rings. The van der Waals surface area contributed by atoms with Crippen LogP contribution >= 0.6 is 0 Å². The SMILES string of the molecule is C[C@H](CCc1ccccc1)NC(=O)c1ccccc1. The number of amides is 1. The van der Waals surface area contributed by atoms with Crippen molar-refractivity contribution in [2.75, 3.05) is 0 Å². The minimum atomic E-state index is 0.00108. The number of rotatable bonds is 5. The molecule has 0 aromatic heterocycles. The van der Waals surface area contributed by atoms with Crippen LogP contribution < -0.4 is 5.32 Å². The third kappa shape index (κ3) is 4.25. The number of carbonyl (C=O) groups excluding carboxylic acids is 1. The van der Waals surface area contributed by atoms with Crippen LogP contribution in [-0.4, -0.2) is 11.9 Å². The fraction of sp³-hybridized carbons (Fsp3) is 0.235. The quantitative estimate of drug-likeness (QED) is 0.869. The van der Waals surface area contributed by atoms with Gasteiger partial charge in [0, 0.05) is 11.6 Å². The van der Waals surface area contributed by atoms with Crippen molar-refractivity contribution < 1.29 is 4.79 Å². The van der Waals surface area contributed by atoms with Crippen molar-refractivity contribution in [3.8, 4) is 0 Å². The molecule has 1 atom stereocenters. The third-order valence-corrected chi connectivity index (χ3v) is 3.12. The van der Waals surface area contributed by atoms with E-state index in [0.717, 1.165) is 12.8 Å². The molecular weight excluding hydrogens is 234 g/mol. The molecule has 19 heavy (non-hydrogen) atoms. The van der Waals surface area contributed by atoms with E-state index in [9.17, 15) is 4.79 Å². The van der Waals surface area contributed by atoms with Gasteiger partial charge in [0.1, 0.15) is 0 Å². The molecule has 1 amide bonds. The summed E-state index contributed by atoms with van der Waals surface area (Å²) in [7, 11) is 0. The predicted octanol–water partition coefficient (Wildman–Crippen LogP) is 3.44. The maximum absolute atomic E-state index is 12.0. The number of nitrogens with one attached hydrogen (secondary N) is 1. The van der Waals surface area contributed by atoms with Gasteiger partial charge in [-0.15, -0.1) is 0 Å². The summed E-state index contributed by atoms with van der Waals surface area (Å²) in [5, 5.41) is 3.03. The highest BCUT2D eigenvalue weighted by Crippen LogP contribution is 2.06. The van der Waals surface area contributed by atoms with Gasteiger partial charge in [-0.2, -0.15) is 0 Å². The highest BCUT2D eigenvalue weighted by molar-refractivity contribution is 5.94. The molecule has 0 fully saturated rings. The van der Waals surface area contributed by atoms with E-state index < -0.39 is 0 Å². The highest BCUT2D eigenvalue weighted by atomic mass is 16.1. The molecular formula is C17H19NO. The lowest BCUT2D eigenvalue weighted by atomic mass is 10.1. The molecule has 0 saturated heterocycles. The Bertz CT molecular complexity index is 507. The second-order valence-corrected chi connectivity index (χ2v) is 4.76. The van der Waals surface area contributed by atoms with E-state index in [4.69, 9.17) is 0 Å². The molecule has 0 radical (unpaired) electrons. The van der Waals surface area contributed by atoms with Crippen molar-refractivity contribution in [3.05, 3.63) is 71.8 Å². The summed E-state index contributed by atoms with van der Waals surface area (Å²) in [4.78, 5) is 12.0. The minimum Gasteiger partial charge on any atom is -0.350 e. The predicted molar refractivity (Wildman–Crippen MR) is 78.1 cm³/mol. The molecule has 2 aromatic carbocycles. The van der Waals surface area contributed by atoms with Crippen LogP contribution in [0.3, 0.4) is 0 Å². The van der Waals surface area contributed by atoms with Crippen molar-refractivity contribution in [1.82, 2.24) is 5.32 Å². The molecule has 0 spiro atoms. The Morgan fingerprint density at radius 2 is 1.58 bits per heavy atom. The van der Waals surface area contributed by atoms with Crippen LogP contribution in [0.2, 0.25) is 0 Å². The monoisotopic (exact) mass is 253 g/mol. The molecule has 0 aliphatic heterocycles. The van der Waals surface area contributed by atoms with Crippen molar-refractivity contribution in [2.45, 2.75) is 25.8 Å². The number of aryl methyl sites for hydroxylation is 1. The van der Waals surface area contributed by atoms with Gasteiger partial charge in [0.25, 0.3) is 5.91 Å². The van der Waals surface area contributed by atoms with E-state index in [0.29, 0.717) is 5.56 Å². The first-order chi connectivity index (χ1) is 9.25. The van der Waals surface area contributed by atoms with Crippen LogP contribution in [0.4, 0.5) is 0 Å². The summed E-state index contributed by atoms with van der Waals surface area (Å²) in [5.41, 5.74) is 2.03. The van der Waals surface area contributed by atoms with Gasteiger partial charge in [-0.25, -0.2) is 0 Å². The molecule has 98 valence electrons. The lowest BCUT2D eigenvalue weighted by Crippen LogP contribution is -2.32. The molecule has 0 bridgehead atoms. The van der Waals surface area contributed by atoms with Crippen molar-refractivity contribution in [3.63, 3.8) is 0 Å². The van der Waals surface area contributed by atoms with Gasteiger partial charge in [0.15, 0.2) is 0 Å². The first-order valence-corrected chi connectivity index (χ1v) is 6.65. The average Bonchev–Trinajstić information content (AvgIpc) is 2.47. The number of hydrogen-bond donors (Lipinski definition) is 1. The zero-order valence-electron chi connectivity index (χ0n) is 11.2. The first kappa shape index (κ1) is 13.3. The largest absolute Gasteiger partial charge is 0.350 e. The Labute approximate surface area is 114 Å². The average molecular weight is 253 g/mol. The van der Waals surface area contributed by atoms with Crippen LogP contribution in [0, 0.1) is 0 Å². The van der Waals surface area contributed by atoms with Gasteiger partial charge < -0.3 is 5.32 Å². The normalized spacial score (nSPS) is 11.8. The van der Waals surface area contributed by atoms with Gasteiger partial charge in [-0.1, -0.05) is 48.5 Å². The van der Waals surface area contributed by atoms with Gasteiger partial charge in [0.2, 0.25) is 0 Å². The fourth-order valence-electron chi connectivity index (χ4n) is 2.00. The summed E-state index contributed by atoms with van der Waals surface area (Å²) >= 11 is 0. The molecule has 0 saturated carbocycles. The second kappa shape index (κ2) is 6.74. The molecule has 2 heteroatoms. The van der Waals surface area contributed by atoms with Gasteiger partial charge >= 0.3 is 0 Å². The molecule has 1 N–H and O–H groups in total. The molecule has 2 rings (SSSR count). The second-order valence-electron chi connectivity index (χ2n) is 4.76. The van der Waals surface area contributed by atoms with Crippen molar-refractivity contribution in [1.29, 1.82) is 0 Å². The zero-order chi connectivity index (χ0) is 13.5. The van der Waals surface area contributed by atoms with Gasteiger partial charge in [-0.3, -0.25) is 4.79 Å². The summed E-state index contributed by atoms with van der Waals surface area (Å²) in [6.45, 7) is 2.05. The van der Waals surface area contributed by atoms with Crippen LogP contribution in [0.25, 0.3) is 0 Å². The standard InChI is InChI=1S/C17H19NO/c1-14(12-13-15-8-4-2-5-9-15)18-17(19)16-10-6-3-7-11-16/h2-11,14H,12-13H2,1H3,(H,18,19)/t14-/m1/s1. The van der Waals surface area contributed by atoms with E-state index in [2.05, 4.69) is 17.4 Å². The minimum absolute atomic E-state index is 0.00108. The smallest absolute Gasteiger partial charge is 0.251 e. The topological polar surface area (TPSA) is 29.1 Å². The number of benzene rings is 2. The Morgan fingerprint density at radius 3 is 2.21 bits per heavy atom. The molecule has 0 heterocycles. The fourth-order valence-corrected chi connectivity index (χ4v) is 2.00. The maximum atomic E-state index is 12.0. The summed E-state index contributed by atoms with van der Waals surface area (Å²) in [6, 6.07) is 19.8. The maximum Gasteiger partial charge on any atom is 0.251 e. The Hall–Kier alpha value is -2.09. The molecule has 0 aliphatic carbocycles. The first-order valence-electron chi connectivity index (χ1n) is 6.65. The molecule has 2 nitrogen and oxygen atoms in total. The number of carbonyl (C=O) groups is 1. The van der Waals surface area contributed by atoms with Crippen LogP contribution in [0.15, 0.2) is 60.7 Å². The van der Waals surface area contributed by atoms with Crippen LogP contribution in [0.5, 0.6) is 0 Å². The van der Waals surface area contributed by atoms with Gasteiger partial charge in [-0.05, 0) is 37.5 Å². The van der Waals surface area contributed by atoms with Crippen LogP contribution in [0.1, 0.15) is 29.3 Å². The van der Waals surface area contributed by atoms with E-state index in [-0.39, 0.29) is 11.9 Å².